The Labute approximate surface area is 140 Å². The number of likely N-dealkylation sites (tertiary alicyclic amines) is 1. The first-order valence-corrected chi connectivity index (χ1v) is 8.49. The zero-order valence-corrected chi connectivity index (χ0v) is 13.6. The van der Waals surface area contributed by atoms with Crippen molar-refractivity contribution >= 4 is 10.9 Å². The molecule has 0 aliphatic carbocycles. The van der Waals surface area contributed by atoms with E-state index in [9.17, 15) is 4.79 Å². The van der Waals surface area contributed by atoms with Crippen molar-refractivity contribution in [3.05, 3.63) is 58.9 Å². The summed E-state index contributed by atoms with van der Waals surface area (Å²) in [7, 11) is 0. The smallest absolute Gasteiger partial charge is 0.258 e. The molecule has 6 nitrogen and oxygen atoms in total. The van der Waals surface area contributed by atoms with E-state index in [1.165, 1.54) is 12.8 Å². The van der Waals surface area contributed by atoms with Crippen molar-refractivity contribution in [2.75, 3.05) is 13.1 Å². The molecule has 0 saturated carbocycles. The third-order valence-corrected chi connectivity index (χ3v) is 4.75. The van der Waals surface area contributed by atoms with Crippen LogP contribution in [0.2, 0.25) is 0 Å². The minimum atomic E-state index is -0.0508. The zero-order chi connectivity index (χ0) is 16.4. The molecule has 1 aliphatic rings. The van der Waals surface area contributed by atoms with Gasteiger partial charge in [0.25, 0.3) is 5.56 Å². The second-order valence-electron chi connectivity index (χ2n) is 6.34. The Balaban J connectivity index is 1.45. The lowest BCUT2D eigenvalue weighted by molar-refractivity contribution is 0.228. The van der Waals surface area contributed by atoms with Crippen LogP contribution >= 0.6 is 0 Å². The molecule has 1 aliphatic heterocycles. The van der Waals surface area contributed by atoms with Gasteiger partial charge in [0.2, 0.25) is 0 Å². The average Bonchev–Trinajstić information content (AvgIpc) is 3.25. The maximum atomic E-state index is 12.2. The molecule has 2 aromatic heterocycles. The van der Waals surface area contributed by atoms with Crippen molar-refractivity contribution in [2.24, 2.45) is 0 Å². The van der Waals surface area contributed by atoms with E-state index < -0.39 is 0 Å². The zero-order valence-electron chi connectivity index (χ0n) is 13.6. The number of hydrogen-bond acceptors (Lipinski definition) is 4. The van der Waals surface area contributed by atoms with Gasteiger partial charge in [0.05, 0.1) is 17.4 Å². The molecule has 1 aromatic carbocycles. The van der Waals surface area contributed by atoms with Crippen molar-refractivity contribution in [1.82, 2.24) is 24.6 Å². The highest BCUT2D eigenvalue weighted by molar-refractivity contribution is 5.77. The third-order valence-electron chi connectivity index (χ3n) is 4.75. The number of nitrogens with zero attached hydrogens (tertiary/aromatic N) is 4. The Morgan fingerprint density at radius 2 is 2.17 bits per heavy atom. The lowest BCUT2D eigenvalue weighted by Crippen LogP contribution is -2.35. The van der Waals surface area contributed by atoms with Crippen molar-refractivity contribution in [1.29, 1.82) is 0 Å². The fourth-order valence-electron chi connectivity index (χ4n) is 3.52. The van der Waals surface area contributed by atoms with Crippen LogP contribution in [0.5, 0.6) is 0 Å². The fourth-order valence-corrected chi connectivity index (χ4v) is 3.52. The van der Waals surface area contributed by atoms with Gasteiger partial charge in [-0.2, -0.15) is 5.10 Å². The SMILES string of the molecule is O=c1[nH]c(CCN2CCC[C@@H]2Cn2cccn2)nc2ccccc12. The monoisotopic (exact) mass is 323 g/mol. The van der Waals surface area contributed by atoms with Gasteiger partial charge in [-0.3, -0.25) is 14.4 Å². The van der Waals surface area contributed by atoms with Crippen LogP contribution in [-0.4, -0.2) is 43.8 Å². The predicted octanol–water partition coefficient (Wildman–Crippen LogP) is 1.83. The summed E-state index contributed by atoms with van der Waals surface area (Å²) in [4.78, 5) is 22.2. The first-order valence-electron chi connectivity index (χ1n) is 8.49. The second-order valence-corrected chi connectivity index (χ2v) is 6.34. The standard InChI is InChI=1S/C18H21N5O/c24-18-15-6-1-2-7-16(15)20-17(21-18)8-12-22-10-3-5-14(22)13-23-11-4-9-19-23/h1-2,4,6-7,9,11,14H,3,5,8,10,12-13H2,(H,20,21,24)/t14-/m1/s1. The Kier molecular flexibility index (Phi) is 4.13. The highest BCUT2D eigenvalue weighted by Gasteiger charge is 2.24. The Morgan fingerprint density at radius 3 is 3.04 bits per heavy atom. The summed E-state index contributed by atoms with van der Waals surface area (Å²) in [5, 5.41) is 4.96. The summed E-state index contributed by atoms with van der Waals surface area (Å²) in [5.41, 5.74) is 0.718. The lowest BCUT2D eigenvalue weighted by Gasteiger charge is -2.24. The summed E-state index contributed by atoms with van der Waals surface area (Å²) < 4.78 is 2.00. The first kappa shape index (κ1) is 15.1. The molecular formula is C18H21N5O. The lowest BCUT2D eigenvalue weighted by atomic mass is 10.2. The molecule has 6 heteroatoms. The number of benzene rings is 1. The number of H-pyrrole nitrogens is 1. The highest BCUT2D eigenvalue weighted by atomic mass is 16.1. The molecule has 0 spiro atoms. The van der Waals surface area contributed by atoms with Gasteiger partial charge in [0.15, 0.2) is 0 Å². The molecule has 4 rings (SSSR count). The molecule has 3 heterocycles. The number of hydrogen-bond donors (Lipinski definition) is 1. The predicted molar refractivity (Wildman–Crippen MR) is 92.9 cm³/mol. The van der Waals surface area contributed by atoms with E-state index in [1.807, 2.05) is 47.4 Å². The van der Waals surface area contributed by atoms with Gasteiger partial charge < -0.3 is 4.98 Å². The molecule has 1 atom stereocenters. The van der Waals surface area contributed by atoms with Crippen LogP contribution < -0.4 is 5.56 Å². The van der Waals surface area contributed by atoms with Gasteiger partial charge in [0.1, 0.15) is 5.82 Å². The molecule has 0 bridgehead atoms. The number of rotatable bonds is 5. The number of aromatic nitrogens is 4. The average molecular weight is 323 g/mol. The summed E-state index contributed by atoms with van der Waals surface area (Å²) in [6, 6.07) is 9.96. The van der Waals surface area contributed by atoms with E-state index in [2.05, 4.69) is 20.0 Å². The van der Waals surface area contributed by atoms with Crippen molar-refractivity contribution in [3.63, 3.8) is 0 Å². The molecule has 3 aromatic rings. The molecule has 124 valence electrons. The summed E-state index contributed by atoms with van der Waals surface area (Å²) in [5.74, 6) is 0.767. The molecule has 0 amide bonds. The van der Waals surface area contributed by atoms with Gasteiger partial charge >= 0.3 is 0 Å². The van der Waals surface area contributed by atoms with Crippen LogP contribution in [0.4, 0.5) is 0 Å². The molecule has 24 heavy (non-hydrogen) atoms. The Bertz CT molecular complexity index is 871. The van der Waals surface area contributed by atoms with Gasteiger partial charge in [-0.05, 0) is 37.6 Å². The van der Waals surface area contributed by atoms with Crippen LogP contribution in [0.3, 0.4) is 0 Å². The molecular weight excluding hydrogens is 302 g/mol. The number of aromatic amines is 1. The first-order chi connectivity index (χ1) is 11.8. The topological polar surface area (TPSA) is 66.8 Å². The molecule has 0 radical (unpaired) electrons. The number of fused-ring (bicyclic) bond motifs is 1. The quantitative estimate of drug-likeness (QED) is 0.778. The van der Waals surface area contributed by atoms with Crippen LogP contribution in [0.15, 0.2) is 47.5 Å². The summed E-state index contributed by atoms with van der Waals surface area (Å²) in [6.07, 6.45) is 7.01. The second kappa shape index (κ2) is 6.57. The molecule has 0 unspecified atom stereocenters. The maximum Gasteiger partial charge on any atom is 0.258 e. The van der Waals surface area contributed by atoms with E-state index >= 15 is 0 Å². The molecule has 1 N–H and O–H groups in total. The van der Waals surface area contributed by atoms with Crippen LogP contribution in [0, 0.1) is 0 Å². The van der Waals surface area contributed by atoms with Crippen LogP contribution in [-0.2, 0) is 13.0 Å². The van der Waals surface area contributed by atoms with Gasteiger partial charge in [-0.15, -0.1) is 0 Å². The number of nitrogens with one attached hydrogen (secondary N) is 1. The van der Waals surface area contributed by atoms with Gasteiger partial charge in [0, 0.05) is 31.4 Å². The van der Waals surface area contributed by atoms with Crippen molar-refractivity contribution in [3.8, 4) is 0 Å². The van der Waals surface area contributed by atoms with Crippen molar-refractivity contribution < 1.29 is 0 Å². The third kappa shape index (κ3) is 3.10. The molecule has 1 saturated heterocycles. The van der Waals surface area contributed by atoms with E-state index in [4.69, 9.17) is 0 Å². The van der Waals surface area contributed by atoms with E-state index in [0.717, 1.165) is 37.4 Å². The number of para-hydroxylation sites is 1. The van der Waals surface area contributed by atoms with E-state index in [0.29, 0.717) is 11.4 Å². The van der Waals surface area contributed by atoms with Gasteiger partial charge in [-0.25, -0.2) is 4.98 Å². The van der Waals surface area contributed by atoms with Gasteiger partial charge in [-0.1, -0.05) is 12.1 Å². The van der Waals surface area contributed by atoms with E-state index in [1.54, 1.807) is 0 Å². The van der Waals surface area contributed by atoms with Crippen LogP contribution in [0.25, 0.3) is 10.9 Å². The maximum absolute atomic E-state index is 12.2. The minimum Gasteiger partial charge on any atom is -0.310 e. The normalized spacial score (nSPS) is 18.4. The Hall–Kier alpha value is -2.47. The Morgan fingerprint density at radius 1 is 1.25 bits per heavy atom. The summed E-state index contributed by atoms with van der Waals surface area (Å²) >= 11 is 0. The van der Waals surface area contributed by atoms with Crippen molar-refractivity contribution in [2.45, 2.75) is 31.8 Å². The highest BCUT2D eigenvalue weighted by Crippen LogP contribution is 2.19. The summed E-state index contributed by atoms with van der Waals surface area (Å²) in [6.45, 7) is 2.94. The minimum absolute atomic E-state index is 0.0508. The van der Waals surface area contributed by atoms with Crippen LogP contribution in [0.1, 0.15) is 18.7 Å². The van der Waals surface area contributed by atoms with E-state index in [-0.39, 0.29) is 5.56 Å². The fraction of sp³-hybridized carbons (Fsp3) is 0.389. The largest absolute Gasteiger partial charge is 0.310 e. The molecule has 1 fully saturated rings.